The Morgan fingerprint density at radius 1 is 1.12 bits per heavy atom. The van der Waals surface area contributed by atoms with Gasteiger partial charge in [0.25, 0.3) is 10.1 Å². The largest absolute Gasteiger partial charge is 0.419 e. The Kier molecular flexibility index (Phi) is 5.01. The molecule has 0 aliphatic carbocycles. The number of aryl methyl sites for hydroxylation is 1. The monoisotopic (exact) mass is 376 g/mol. The second kappa shape index (κ2) is 6.57. The fourth-order valence-corrected chi connectivity index (χ4v) is 2.99. The first kappa shape index (κ1) is 19.1. The molecule has 134 valence electrons. The van der Waals surface area contributed by atoms with Gasteiger partial charge in [0, 0.05) is 12.0 Å². The van der Waals surface area contributed by atoms with Gasteiger partial charge in [0.05, 0.1) is 10.5 Å². The van der Waals surface area contributed by atoms with Gasteiger partial charge in [0.15, 0.2) is 5.78 Å². The third-order valence-electron chi connectivity index (χ3n) is 3.44. The second-order valence-electron chi connectivity index (χ2n) is 5.38. The molecule has 0 fully saturated rings. The molecule has 0 radical (unpaired) electrons. The van der Waals surface area contributed by atoms with E-state index in [4.69, 9.17) is 0 Å². The predicted molar refractivity (Wildman–Crippen MR) is 80.4 cm³/mol. The van der Waals surface area contributed by atoms with E-state index in [2.05, 4.69) is 0 Å². The van der Waals surface area contributed by atoms with Gasteiger partial charge in [0.1, 0.15) is 5.82 Å². The lowest BCUT2D eigenvalue weighted by Crippen LogP contribution is -2.13. The average molecular weight is 376 g/mol. The van der Waals surface area contributed by atoms with Crippen LogP contribution in [-0.2, 0) is 22.7 Å². The van der Waals surface area contributed by atoms with E-state index in [1.807, 2.05) is 0 Å². The van der Waals surface area contributed by atoms with Crippen LogP contribution in [0.3, 0.4) is 0 Å². The summed E-state index contributed by atoms with van der Waals surface area (Å²) in [4.78, 5) is 11.7. The summed E-state index contributed by atoms with van der Waals surface area (Å²) in [5.41, 5.74) is -1.48. The van der Waals surface area contributed by atoms with Gasteiger partial charge < -0.3 is 0 Å². The van der Waals surface area contributed by atoms with Crippen LogP contribution in [0, 0.1) is 12.7 Å². The Balaban J connectivity index is 2.44. The molecule has 0 heterocycles. The Hall–Kier alpha value is -2.26. The SMILES string of the molecule is Cc1ccc(S(=O)(=O)O)c(CC(=O)c2ccc(F)c(C(F)(F)F)c2)c1. The van der Waals surface area contributed by atoms with E-state index in [1.165, 1.54) is 12.1 Å². The Morgan fingerprint density at radius 3 is 2.32 bits per heavy atom. The Morgan fingerprint density at radius 2 is 1.76 bits per heavy atom. The fraction of sp³-hybridized carbons (Fsp3) is 0.188. The van der Waals surface area contributed by atoms with Gasteiger partial charge in [-0.1, -0.05) is 17.7 Å². The van der Waals surface area contributed by atoms with Crippen molar-refractivity contribution in [1.82, 2.24) is 0 Å². The number of ketones is 1. The minimum absolute atomic E-state index is 0.0645. The lowest BCUT2D eigenvalue weighted by molar-refractivity contribution is -0.140. The standard InChI is InChI=1S/C16H12F4O4S/c1-9-2-5-15(25(22,23)24)11(6-9)8-14(21)10-3-4-13(17)12(7-10)16(18,19)20/h2-7H,8H2,1H3,(H,22,23,24). The van der Waals surface area contributed by atoms with Gasteiger partial charge in [-0.2, -0.15) is 21.6 Å². The first-order chi connectivity index (χ1) is 11.4. The zero-order valence-corrected chi connectivity index (χ0v) is 13.6. The molecule has 0 amide bonds. The molecule has 0 spiro atoms. The highest BCUT2D eigenvalue weighted by Gasteiger charge is 2.34. The van der Waals surface area contributed by atoms with Crippen LogP contribution in [-0.4, -0.2) is 18.8 Å². The third-order valence-corrected chi connectivity index (χ3v) is 4.39. The van der Waals surface area contributed by atoms with Gasteiger partial charge in [-0.15, -0.1) is 0 Å². The molecule has 0 saturated heterocycles. The van der Waals surface area contributed by atoms with Crippen molar-refractivity contribution in [1.29, 1.82) is 0 Å². The highest BCUT2D eigenvalue weighted by Crippen LogP contribution is 2.32. The van der Waals surface area contributed by atoms with Crippen LogP contribution in [0.2, 0.25) is 0 Å². The normalized spacial score (nSPS) is 12.2. The molecule has 2 rings (SSSR count). The molecule has 1 N–H and O–H groups in total. The van der Waals surface area contributed by atoms with E-state index < -0.39 is 50.3 Å². The molecule has 0 aliphatic rings. The average Bonchev–Trinajstić information content (AvgIpc) is 2.45. The number of hydrogen-bond donors (Lipinski definition) is 1. The van der Waals surface area contributed by atoms with Gasteiger partial charge in [0.2, 0.25) is 0 Å². The minimum Gasteiger partial charge on any atom is -0.294 e. The topological polar surface area (TPSA) is 71.4 Å². The van der Waals surface area contributed by atoms with Crippen LogP contribution in [0.15, 0.2) is 41.3 Å². The summed E-state index contributed by atoms with van der Waals surface area (Å²) in [6.45, 7) is 1.61. The smallest absolute Gasteiger partial charge is 0.294 e. The minimum atomic E-state index is -4.97. The molecule has 9 heteroatoms. The van der Waals surface area contributed by atoms with Crippen molar-refractivity contribution in [2.45, 2.75) is 24.4 Å². The maximum absolute atomic E-state index is 13.3. The molecule has 0 unspecified atom stereocenters. The zero-order chi connectivity index (χ0) is 19.0. The van der Waals surface area contributed by atoms with Crippen LogP contribution in [0.25, 0.3) is 0 Å². The van der Waals surface area contributed by atoms with Crippen LogP contribution >= 0.6 is 0 Å². The van der Waals surface area contributed by atoms with Gasteiger partial charge in [-0.05, 0) is 36.8 Å². The summed E-state index contributed by atoms with van der Waals surface area (Å²) in [5, 5.41) is 0. The molecule has 2 aromatic rings. The Labute approximate surface area is 140 Å². The maximum atomic E-state index is 13.3. The van der Waals surface area contributed by atoms with Gasteiger partial charge >= 0.3 is 6.18 Å². The third kappa shape index (κ3) is 4.43. The molecule has 4 nitrogen and oxygen atoms in total. The molecule has 0 bridgehead atoms. The van der Waals surface area contributed by atoms with E-state index in [9.17, 15) is 35.3 Å². The van der Waals surface area contributed by atoms with Crippen molar-refractivity contribution in [2.24, 2.45) is 0 Å². The molecule has 0 aromatic heterocycles. The number of carbonyl (C=O) groups is 1. The van der Waals surface area contributed by atoms with Crippen LogP contribution in [0.5, 0.6) is 0 Å². The van der Waals surface area contributed by atoms with Gasteiger partial charge in [-0.25, -0.2) is 4.39 Å². The molecule has 25 heavy (non-hydrogen) atoms. The Bertz CT molecular complexity index is 934. The van der Waals surface area contributed by atoms with Crippen molar-refractivity contribution in [3.05, 3.63) is 64.5 Å². The van der Waals surface area contributed by atoms with E-state index in [0.717, 1.165) is 12.1 Å². The van der Waals surface area contributed by atoms with E-state index >= 15 is 0 Å². The lowest BCUT2D eigenvalue weighted by Gasteiger charge is -2.11. The zero-order valence-electron chi connectivity index (χ0n) is 12.8. The summed E-state index contributed by atoms with van der Waals surface area (Å²) < 4.78 is 83.4. The highest BCUT2D eigenvalue weighted by atomic mass is 32.2. The molecular formula is C16H12F4O4S. The van der Waals surface area contributed by atoms with Crippen LogP contribution < -0.4 is 0 Å². The van der Waals surface area contributed by atoms with E-state index in [1.54, 1.807) is 6.92 Å². The van der Waals surface area contributed by atoms with Crippen LogP contribution in [0.1, 0.15) is 27.0 Å². The number of alkyl halides is 3. The van der Waals surface area contributed by atoms with Crippen molar-refractivity contribution >= 4 is 15.9 Å². The molecular weight excluding hydrogens is 364 g/mol. The van der Waals surface area contributed by atoms with Gasteiger partial charge in [-0.3, -0.25) is 9.35 Å². The molecule has 2 aromatic carbocycles. The quantitative estimate of drug-likeness (QED) is 0.500. The number of halogens is 4. The van der Waals surface area contributed by atoms with Crippen molar-refractivity contribution < 1.29 is 35.3 Å². The van der Waals surface area contributed by atoms with Crippen molar-refractivity contribution in [3.63, 3.8) is 0 Å². The predicted octanol–water partition coefficient (Wildman–Crippen LogP) is 3.83. The summed E-state index contributed by atoms with van der Waals surface area (Å²) in [7, 11) is -4.61. The van der Waals surface area contributed by atoms with Crippen molar-refractivity contribution in [2.75, 3.05) is 0 Å². The number of Topliss-reactive ketones (excluding diaryl/α,β-unsaturated/α-hetero) is 1. The van der Waals surface area contributed by atoms with Crippen molar-refractivity contribution in [3.8, 4) is 0 Å². The lowest BCUT2D eigenvalue weighted by atomic mass is 9.99. The first-order valence-corrected chi connectivity index (χ1v) is 8.30. The summed E-state index contributed by atoms with van der Waals surface area (Å²) in [5.74, 6) is -2.36. The molecule has 0 saturated carbocycles. The molecule has 0 atom stereocenters. The molecule has 0 aliphatic heterocycles. The summed E-state index contributed by atoms with van der Waals surface area (Å²) in [6.07, 6.45) is -5.54. The first-order valence-electron chi connectivity index (χ1n) is 6.86. The maximum Gasteiger partial charge on any atom is 0.419 e. The highest BCUT2D eigenvalue weighted by molar-refractivity contribution is 7.85. The summed E-state index contributed by atoms with van der Waals surface area (Å²) >= 11 is 0. The number of benzene rings is 2. The van der Waals surface area contributed by atoms with E-state index in [-0.39, 0.29) is 5.56 Å². The second-order valence-corrected chi connectivity index (χ2v) is 6.77. The van der Waals surface area contributed by atoms with E-state index in [0.29, 0.717) is 17.7 Å². The number of carbonyl (C=O) groups excluding carboxylic acids is 1. The number of hydrogen-bond acceptors (Lipinski definition) is 3. The summed E-state index contributed by atoms with van der Waals surface area (Å²) in [6, 6.07) is 5.61. The van der Waals surface area contributed by atoms with Crippen LogP contribution in [0.4, 0.5) is 17.6 Å². The fourth-order valence-electron chi connectivity index (χ4n) is 2.29. The number of rotatable bonds is 4.